The lowest BCUT2D eigenvalue weighted by molar-refractivity contribution is 0.102. The summed E-state index contributed by atoms with van der Waals surface area (Å²) in [5, 5.41) is 17.1. The maximum absolute atomic E-state index is 9.81. The maximum Gasteiger partial charge on any atom is 0.0664 e. The van der Waals surface area contributed by atoms with E-state index in [0.29, 0.717) is 6.04 Å². The van der Waals surface area contributed by atoms with E-state index in [0.717, 1.165) is 25.2 Å². The molecule has 96 valence electrons. The average Bonchev–Trinajstić information content (AvgIpc) is 2.86. The summed E-state index contributed by atoms with van der Waals surface area (Å²) < 4.78 is 0. The number of hydrogen-bond acceptors (Lipinski definition) is 3. The molecule has 0 radical (unpaired) electrons. The summed E-state index contributed by atoms with van der Waals surface area (Å²) in [5.41, 5.74) is 3.61. The molecule has 4 heteroatoms. The van der Waals surface area contributed by atoms with Crippen molar-refractivity contribution in [1.29, 1.82) is 0 Å². The van der Waals surface area contributed by atoms with Crippen molar-refractivity contribution in [3.8, 4) is 0 Å². The normalized spacial score (nSPS) is 23.2. The van der Waals surface area contributed by atoms with Gasteiger partial charge in [-0.1, -0.05) is 6.92 Å². The number of aliphatic hydroxyl groups excluding tert-OH is 1. The highest BCUT2D eigenvalue weighted by Gasteiger charge is 2.30. The van der Waals surface area contributed by atoms with Gasteiger partial charge in [0.1, 0.15) is 0 Å². The molecule has 0 bridgehead atoms. The number of nitrogens with zero attached hydrogens (tertiary/aromatic N) is 2. The van der Waals surface area contributed by atoms with Gasteiger partial charge in [-0.3, -0.25) is 10.00 Å². The van der Waals surface area contributed by atoms with Gasteiger partial charge in [0.2, 0.25) is 0 Å². The van der Waals surface area contributed by atoms with Gasteiger partial charge in [-0.15, -0.1) is 0 Å². The second-order valence-corrected chi connectivity index (χ2v) is 5.06. The number of aliphatic hydroxyl groups is 1. The van der Waals surface area contributed by atoms with Crippen LogP contribution in [0.4, 0.5) is 0 Å². The lowest BCUT2D eigenvalue weighted by Gasteiger charge is -2.26. The van der Waals surface area contributed by atoms with Crippen LogP contribution in [0, 0.1) is 13.8 Å². The molecule has 2 atom stereocenters. The molecule has 0 spiro atoms. The number of β-amino-alcohol motifs (C(OH)–C–C–N with tert-alkyl or cyclic N) is 1. The molecule has 0 aliphatic carbocycles. The van der Waals surface area contributed by atoms with Crippen LogP contribution in [0.25, 0.3) is 0 Å². The summed E-state index contributed by atoms with van der Waals surface area (Å²) in [4.78, 5) is 2.40. The molecule has 17 heavy (non-hydrogen) atoms. The molecule has 2 rings (SSSR count). The number of nitrogens with one attached hydrogen (secondary N) is 1. The first kappa shape index (κ1) is 12.6. The van der Waals surface area contributed by atoms with Crippen LogP contribution in [0.2, 0.25) is 0 Å². The molecule has 1 saturated heterocycles. The molecule has 1 fully saturated rings. The van der Waals surface area contributed by atoms with Gasteiger partial charge < -0.3 is 5.11 Å². The predicted octanol–water partition coefficient (Wildman–Crippen LogP) is 1.93. The highest BCUT2D eigenvalue weighted by Crippen LogP contribution is 2.34. The molecule has 1 aromatic heterocycles. The van der Waals surface area contributed by atoms with Gasteiger partial charge >= 0.3 is 0 Å². The Bertz CT molecular complexity index is 355. The Morgan fingerprint density at radius 3 is 2.88 bits per heavy atom. The first-order chi connectivity index (χ1) is 8.13. The number of rotatable bonds is 4. The average molecular weight is 237 g/mol. The van der Waals surface area contributed by atoms with Gasteiger partial charge in [0.05, 0.1) is 11.8 Å². The Kier molecular flexibility index (Phi) is 3.84. The Balaban J connectivity index is 2.14. The zero-order valence-corrected chi connectivity index (χ0v) is 11.0. The number of aryl methyl sites for hydroxylation is 2. The fourth-order valence-corrected chi connectivity index (χ4v) is 2.82. The number of aromatic nitrogens is 2. The molecular formula is C13H23N3O. The molecule has 1 aliphatic rings. The topological polar surface area (TPSA) is 52.1 Å². The zero-order chi connectivity index (χ0) is 12.4. The van der Waals surface area contributed by atoms with Gasteiger partial charge in [-0.05, 0) is 39.7 Å². The predicted molar refractivity (Wildman–Crippen MR) is 67.9 cm³/mol. The number of H-pyrrole nitrogens is 1. The second kappa shape index (κ2) is 5.19. The monoisotopic (exact) mass is 237 g/mol. The van der Waals surface area contributed by atoms with E-state index in [1.165, 1.54) is 24.1 Å². The van der Waals surface area contributed by atoms with Gasteiger partial charge in [-0.2, -0.15) is 5.10 Å². The smallest absolute Gasteiger partial charge is 0.0664 e. The quantitative estimate of drug-likeness (QED) is 0.841. The fraction of sp³-hybridized carbons (Fsp3) is 0.769. The van der Waals surface area contributed by atoms with Crippen LogP contribution in [-0.2, 0) is 0 Å². The molecule has 0 aromatic carbocycles. The number of aromatic amines is 1. The first-order valence-corrected chi connectivity index (χ1v) is 6.57. The molecule has 2 unspecified atom stereocenters. The molecular weight excluding hydrogens is 214 g/mol. The molecule has 4 nitrogen and oxygen atoms in total. The summed E-state index contributed by atoms with van der Waals surface area (Å²) in [7, 11) is 0. The van der Waals surface area contributed by atoms with Gasteiger partial charge in [0, 0.05) is 23.8 Å². The van der Waals surface area contributed by atoms with Gasteiger partial charge in [0.15, 0.2) is 0 Å². The third-order valence-electron chi connectivity index (χ3n) is 3.80. The maximum atomic E-state index is 9.81. The van der Waals surface area contributed by atoms with Crippen LogP contribution < -0.4 is 0 Å². The molecule has 2 N–H and O–H groups in total. The minimum Gasteiger partial charge on any atom is -0.392 e. The van der Waals surface area contributed by atoms with Crippen LogP contribution in [0.5, 0.6) is 0 Å². The van der Waals surface area contributed by atoms with Crippen LogP contribution in [-0.4, -0.2) is 39.4 Å². The van der Waals surface area contributed by atoms with Crippen LogP contribution >= 0.6 is 0 Å². The van der Waals surface area contributed by atoms with E-state index in [4.69, 9.17) is 0 Å². The van der Waals surface area contributed by atoms with E-state index < -0.39 is 0 Å². The van der Waals surface area contributed by atoms with E-state index >= 15 is 0 Å². The summed E-state index contributed by atoms with van der Waals surface area (Å²) >= 11 is 0. The van der Waals surface area contributed by atoms with Crippen molar-refractivity contribution in [3.63, 3.8) is 0 Å². The van der Waals surface area contributed by atoms with E-state index in [1.54, 1.807) is 0 Å². The highest BCUT2D eigenvalue weighted by molar-refractivity contribution is 5.28. The molecule has 1 aliphatic heterocycles. The number of hydrogen-bond donors (Lipinski definition) is 2. The van der Waals surface area contributed by atoms with Crippen LogP contribution in [0.1, 0.15) is 49.2 Å². The van der Waals surface area contributed by atoms with Crippen molar-refractivity contribution < 1.29 is 5.11 Å². The lowest BCUT2D eigenvalue weighted by Crippen LogP contribution is -2.32. The van der Waals surface area contributed by atoms with Crippen LogP contribution in [0.3, 0.4) is 0 Å². The Morgan fingerprint density at radius 2 is 2.29 bits per heavy atom. The molecule has 2 heterocycles. The fourth-order valence-electron chi connectivity index (χ4n) is 2.82. The summed E-state index contributed by atoms with van der Waals surface area (Å²) in [6, 6.07) is 0.440. The minimum atomic E-state index is -0.205. The van der Waals surface area contributed by atoms with Crippen molar-refractivity contribution in [3.05, 3.63) is 17.0 Å². The summed E-state index contributed by atoms with van der Waals surface area (Å²) in [6.07, 6.45) is 3.01. The first-order valence-electron chi connectivity index (χ1n) is 6.57. The summed E-state index contributed by atoms with van der Waals surface area (Å²) in [6.45, 7) is 8.05. The van der Waals surface area contributed by atoms with E-state index in [9.17, 15) is 5.11 Å². The third-order valence-corrected chi connectivity index (χ3v) is 3.80. The Labute approximate surface area is 103 Å². The highest BCUT2D eigenvalue weighted by atomic mass is 16.3. The van der Waals surface area contributed by atoms with E-state index in [1.807, 2.05) is 6.92 Å². The van der Waals surface area contributed by atoms with E-state index in [2.05, 4.69) is 28.9 Å². The van der Waals surface area contributed by atoms with Crippen molar-refractivity contribution in [2.75, 3.05) is 13.1 Å². The van der Waals surface area contributed by atoms with Crippen molar-refractivity contribution in [2.24, 2.45) is 0 Å². The van der Waals surface area contributed by atoms with Crippen molar-refractivity contribution in [2.45, 2.75) is 52.2 Å². The third kappa shape index (κ3) is 2.53. The number of likely N-dealkylation sites (tertiary alicyclic amines) is 1. The molecule has 1 aromatic rings. The zero-order valence-electron chi connectivity index (χ0n) is 11.0. The van der Waals surface area contributed by atoms with Crippen molar-refractivity contribution in [1.82, 2.24) is 15.1 Å². The Morgan fingerprint density at radius 1 is 1.53 bits per heavy atom. The van der Waals surface area contributed by atoms with E-state index in [-0.39, 0.29) is 6.10 Å². The molecule has 0 saturated carbocycles. The van der Waals surface area contributed by atoms with Gasteiger partial charge in [0.25, 0.3) is 0 Å². The summed E-state index contributed by atoms with van der Waals surface area (Å²) in [5.74, 6) is 0. The minimum absolute atomic E-state index is 0.205. The largest absolute Gasteiger partial charge is 0.392 e. The van der Waals surface area contributed by atoms with Crippen molar-refractivity contribution >= 4 is 0 Å². The SMILES string of the molecule is CCC(O)CN1CCCC1c1c(C)n[nH]c1C. The molecule has 0 amide bonds. The Hall–Kier alpha value is -0.870. The lowest BCUT2D eigenvalue weighted by atomic mass is 10.0. The van der Waals surface area contributed by atoms with Gasteiger partial charge in [-0.25, -0.2) is 0 Å². The second-order valence-electron chi connectivity index (χ2n) is 5.06. The van der Waals surface area contributed by atoms with Crippen LogP contribution in [0.15, 0.2) is 0 Å². The standard InChI is InChI=1S/C13H23N3O/c1-4-11(17)8-16-7-5-6-12(16)13-9(2)14-15-10(13)3/h11-12,17H,4-8H2,1-3H3,(H,14,15).